The van der Waals surface area contributed by atoms with Crippen LogP contribution in [0.25, 0.3) is 0 Å². The number of rotatable bonds is 2. The molecule has 0 N–H and O–H groups in total. The van der Waals surface area contributed by atoms with Crippen LogP contribution in [0.4, 0.5) is 11.4 Å². The topological polar surface area (TPSA) is 76.9 Å². The van der Waals surface area contributed by atoms with Gasteiger partial charge in [-0.15, -0.1) is 9.85 Å². The van der Waals surface area contributed by atoms with E-state index in [4.69, 9.17) is 4.52 Å². The number of carbonyl (C=O) groups is 1. The molecule has 0 saturated heterocycles. The second-order valence-corrected chi connectivity index (χ2v) is 3.66. The molecule has 92 valence electrons. The van der Waals surface area contributed by atoms with Crippen molar-refractivity contribution in [1.29, 1.82) is 0 Å². The second-order valence-electron chi connectivity index (χ2n) is 3.66. The van der Waals surface area contributed by atoms with Crippen molar-refractivity contribution in [1.82, 2.24) is 4.74 Å². The van der Waals surface area contributed by atoms with Crippen LogP contribution >= 0.6 is 0 Å². The van der Waals surface area contributed by atoms with Gasteiger partial charge in [-0.05, 0) is 19.1 Å². The molecule has 0 aliphatic rings. The van der Waals surface area contributed by atoms with Gasteiger partial charge < -0.3 is 4.52 Å². The van der Waals surface area contributed by atoms with Gasteiger partial charge in [-0.1, -0.05) is 18.2 Å². The first-order valence-corrected chi connectivity index (χ1v) is 5.30. The van der Waals surface area contributed by atoms with E-state index in [-0.39, 0.29) is 11.6 Å². The number of nitrogens with zero attached hydrogens (tertiary/aromatic N) is 3. The molecule has 0 atom stereocenters. The Morgan fingerprint density at radius 2 is 1.89 bits per heavy atom. The van der Waals surface area contributed by atoms with Crippen LogP contribution in [-0.4, -0.2) is 10.6 Å². The summed E-state index contributed by atoms with van der Waals surface area (Å²) in [5.41, 5.74) is 0.315. The average Bonchev–Trinajstić information content (AvgIpc) is 2.64. The van der Waals surface area contributed by atoms with Crippen molar-refractivity contribution in [2.24, 2.45) is 10.2 Å². The number of hydrogen-bond donors (Lipinski definition) is 0. The van der Waals surface area contributed by atoms with E-state index in [1.54, 1.807) is 19.1 Å². The molecule has 0 aliphatic heterocycles. The van der Waals surface area contributed by atoms with Crippen LogP contribution in [0.1, 0.15) is 17.4 Å². The Morgan fingerprint density at radius 1 is 1.22 bits per heavy atom. The van der Waals surface area contributed by atoms with Gasteiger partial charge in [0, 0.05) is 6.92 Å². The van der Waals surface area contributed by atoms with Crippen molar-refractivity contribution in [3.05, 3.63) is 46.4 Å². The Kier molecular flexibility index (Phi) is 3.18. The van der Waals surface area contributed by atoms with Crippen LogP contribution in [-0.2, 0) is 0 Å². The van der Waals surface area contributed by atoms with E-state index in [1.165, 1.54) is 6.92 Å². The fourth-order valence-corrected chi connectivity index (χ4v) is 1.45. The number of benzene rings is 1. The molecular weight excluding hydrogens is 234 g/mol. The minimum Gasteiger partial charge on any atom is -0.326 e. The summed E-state index contributed by atoms with van der Waals surface area (Å²) < 4.78 is 5.66. The van der Waals surface area contributed by atoms with E-state index in [9.17, 15) is 9.59 Å². The van der Waals surface area contributed by atoms with Crippen LogP contribution in [0.2, 0.25) is 0 Å². The van der Waals surface area contributed by atoms with Gasteiger partial charge in [-0.2, -0.15) is 5.11 Å². The summed E-state index contributed by atoms with van der Waals surface area (Å²) in [5, 5.41) is 7.74. The Bertz CT molecular complexity index is 653. The first kappa shape index (κ1) is 12.0. The standard InChI is InChI=1S/C12H11N3O3/c1-8-11(12(17)18-15(8)9(2)16)14-13-10-6-4-3-5-7-10/h3-7H,1-2H3. The number of aromatic nitrogens is 1. The van der Waals surface area contributed by atoms with Crippen LogP contribution in [0.3, 0.4) is 0 Å². The van der Waals surface area contributed by atoms with Gasteiger partial charge in [0.2, 0.25) is 0 Å². The molecule has 0 amide bonds. The molecule has 0 saturated carbocycles. The summed E-state index contributed by atoms with van der Waals surface area (Å²) in [6.45, 7) is 2.87. The van der Waals surface area contributed by atoms with Crippen LogP contribution in [0.5, 0.6) is 0 Å². The van der Waals surface area contributed by atoms with E-state index >= 15 is 0 Å². The summed E-state index contributed by atoms with van der Waals surface area (Å²) >= 11 is 0. The van der Waals surface area contributed by atoms with Gasteiger partial charge >= 0.3 is 5.63 Å². The van der Waals surface area contributed by atoms with Crippen molar-refractivity contribution in [3.63, 3.8) is 0 Å². The minimum atomic E-state index is -0.678. The molecule has 1 aromatic heterocycles. The maximum atomic E-state index is 11.5. The lowest BCUT2D eigenvalue weighted by Gasteiger charge is -1.94. The Hall–Kier alpha value is -2.50. The summed E-state index contributed by atoms with van der Waals surface area (Å²) in [5.74, 6) is -0.384. The summed E-state index contributed by atoms with van der Waals surface area (Å²) in [6, 6.07) is 8.98. The van der Waals surface area contributed by atoms with Crippen molar-refractivity contribution >= 4 is 17.3 Å². The lowest BCUT2D eigenvalue weighted by molar-refractivity contribution is 0.0807. The Balaban J connectivity index is 2.39. The average molecular weight is 245 g/mol. The minimum absolute atomic E-state index is 0.0362. The van der Waals surface area contributed by atoms with Crippen molar-refractivity contribution in [2.45, 2.75) is 13.8 Å². The Morgan fingerprint density at radius 3 is 2.44 bits per heavy atom. The monoisotopic (exact) mass is 245 g/mol. The van der Waals surface area contributed by atoms with Gasteiger partial charge in [0.25, 0.3) is 5.91 Å². The van der Waals surface area contributed by atoms with Gasteiger partial charge in [0.05, 0.1) is 11.4 Å². The zero-order chi connectivity index (χ0) is 13.1. The fraction of sp³-hybridized carbons (Fsp3) is 0.167. The maximum absolute atomic E-state index is 11.5. The third kappa shape index (κ3) is 2.27. The molecular formula is C12H11N3O3. The van der Waals surface area contributed by atoms with Crippen LogP contribution in [0, 0.1) is 6.92 Å². The molecule has 0 bridgehead atoms. The molecule has 0 fully saturated rings. The second kappa shape index (κ2) is 4.79. The van der Waals surface area contributed by atoms with Gasteiger partial charge in [-0.25, -0.2) is 4.79 Å². The Labute approximate surface area is 103 Å². The van der Waals surface area contributed by atoms with Crippen molar-refractivity contribution in [3.8, 4) is 0 Å². The van der Waals surface area contributed by atoms with E-state index < -0.39 is 5.63 Å². The van der Waals surface area contributed by atoms with Gasteiger partial charge in [-0.3, -0.25) is 4.79 Å². The molecule has 2 aromatic rings. The zero-order valence-electron chi connectivity index (χ0n) is 9.95. The van der Waals surface area contributed by atoms with E-state index in [0.29, 0.717) is 11.4 Å². The molecule has 0 spiro atoms. The SMILES string of the molecule is CC(=O)n1oc(=O)c(N=Nc2ccccc2)c1C. The summed E-state index contributed by atoms with van der Waals surface area (Å²) in [4.78, 5) is 22.7. The number of hydrogen-bond acceptors (Lipinski definition) is 5. The van der Waals surface area contributed by atoms with Crippen molar-refractivity contribution < 1.29 is 9.32 Å². The highest BCUT2D eigenvalue weighted by Crippen LogP contribution is 2.18. The smallest absolute Gasteiger partial charge is 0.326 e. The molecule has 0 radical (unpaired) electrons. The van der Waals surface area contributed by atoms with E-state index in [0.717, 1.165) is 4.74 Å². The van der Waals surface area contributed by atoms with Crippen LogP contribution in [0.15, 0.2) is 49.9 Å². The highest BCUT2D eigenvalue weighted by atomic mass is 16.5. The largest absolute Gasteiger partial charge is 0.385 e. The van der Waals surface area contributed by atoms with Crippen LogP contribution < -0.4 is 5.63 Å². The maximum Gasteiger partial charge on any atom is 0.385 e. The van der Waals surface area contributed by atoms with Gasteiger partial charge in [0.1, 0.15) is 0 Å². The van der Waals surface area contributed by atoms with Crippen molar-refractivity contribution in [2.75, 3.05) is 0 Å². The first-order valence-electron chi connectivity index (χ1n) is 5.30. The summed E-state index contributed by atoms with van der Waals surface area (Å²) in [6.07, 6.45) is 0. The normalized spacial score (nSPS) is 11.0. The highest BCUT2D eigenvalue weighted by molar-refractivity contribution is 5.76. The third-order valence-corrected chi connectivity index (χ3v) is 2.32. The zero-order valence-corrected chi connectivity index (χ0v) is 9.95. The van der Waals surface area contributed by atoms with Gasteiger partial charge in [0.15, 0.2) is 5.69 Å². The molecule has 6 heteroatoms. The molecule has 18 heavy (non-hydrogen) atoms. The molecule has 1 heterocycles. The highest BCUT2D eigenvalue weighted by Gasteiger charge is 2.15. The molecule has 1 aromatic carbocycles. The number of azo groups is 1. The quantitative estimate of drug-likeness (QED) is 0.763. The lowest BCUT2D eigenvalue weighted by Crippen LogP contribution is -2.06. The molecule has 0 unspecified atom stereocenters. The summed E-state index contributed by atoms with van der Waals surface area (Å²) in [7, 11) is 0. The third-order valence-electron chi connectivity index (χ3n) is 2.32. The predicted octanol–water partition coefficient (Wildman–Crippen LogP) is 2.83. The van der Waals surface area contributed by atoms with E-state index in [1.807, 2.05) is 18.2 Å². The fourth-order valence-electron chi connectivity index (χ4n) is 1.45. The van der Waals surface area contributed by atoms with E-state index in [2.05, 4.69) is 10.2 Å². The number of carbonyl (C=O) groups excluding carboxylic acids is 1. The first-order chi connectivity index (χ1) is 8.59. The molecule has 6 nitrogen and oxygen atoms in total. The molecule has 0 aliphatic carbocycles. The molecule has 2 rings (SSSR count). The predicted molar refractivity (Wildman–Crippen MR) is 64.6 cm³/mol. The lowest BCUT2D eigenvalue weighted by atomic mass is 10.3.